The lowest BCUT2D eigenvalue weighted by Gasteiger charge is -2.44. The van der Waals surface area contributed by atoms with Crippen LogP contribution in [-0.4, -0.2) is 29.8 Å². The highest BCUT2D eigenvalue weighted by molar-refractivity contribution is 7.80. The first-order valence-corrected chi connectivity index (χ1v) is 8.40. The maximum Gasteiger partial charge on any atom is 0.0123 e. The summed E-state index contributed by atoms with van der Waals surface area (Å²) in [4.78, 5) is 2.83. The first kappa shape index (κ1) is 13.7. The number of rotatable bonds is 6. The minimum Gasteiger partial charge on any atom is -0.300 e. The summed E-state index contributed by atoms with van der Waals surface area (Å²) >= 11 is 4.28. The van der Waals surface area contributed by atoms with Crippen molar-refractivity contribution < 1.29 is 0 Å². The Labute approximate surface area is 113 Å². The maximum atomic E-state index is 4.28. The summed E-state index contributed by atoms with van der Waals surface area (Å²) in [5.74, 6) is 2.11. The van der Waals surface area contributed by atoms with Gasteiger partial charge in [-0.15, -0.1) is 0 Å². The van der Waals surface area contributed by atoms with Crippen molar-refractivity contribution in [1.29, 1.82) is 0 Å². The van der Waals surface area contributed by atoms with E-state index in [1.807, 2.05) is 0 Å². The van der Waals surface area contributed by atoms with Crippen LogP contribution < -0.4 is 0 Å². The first-order valence-electron chi connectivity index (χ1n) is 7.76. The number of piperidine rings is 1. The van der Waals surface area contributed by atoms with Crippen LogP contribution in [0.4, 0.5) is 0 Å². The standard InChI is InChI=1S/C15H29NS/c17-13-6-2-1-5-11-16-12-7-9-14-8-3-4-10-15(14)16/h14-15,17H,1-13H2. The quantitative estimate of drug-likeness (QED) is 0.552. The lowest BCUT2D eigenvalue weighted by molar-refractivity contribution is 0.0595. The average Bonchev–Trinajstić information content (AvgIpc) is 2.39. The minimum atomic E-state index is 0.961. The van der Waals surface area contributed by atoms with Crippen LogP contribution in [0.25, 0.3) is 0 Å². The van der Waals surface area contributed by atoms with E-state index in [1.165, 1.54) is 77.3 Å². The molecule has 0 aromatic heterocycles. The molecule has 100 valence electrons. The predicted octanol–water partition coefficient (Wildman–Crippen LogP) is 4.13. The third kappa shape index (κ3) is 4.17. The van der Waals surface area contributed by atoms with Crippen molar-refractivity contribution in [3.63, 3.8) is 0 Å². The Morgan fingerprint density at radius 3 is 2.53 bits per heavy atom. The minimum absolute atomic E-state index is 0.961. The second-order valence-corrected chi connectivity index (χ2v) is 6.38. The van der Waals surface area contributed by atoms with E-state index in [2.05, 4.69) is 17.5 Å². The second kappa shape index (κ2) is 7.68. The van der Waals surface area contributed by atoms with E-state index in [-0.39, 0.29) is 0 Å². The number of fused-ring (bicyclic) bond motifs is 1. The molecule has 0 spiro atoms. The van der Waals surface area contributed by atoms with Crippen molar-refractivity contribution in [2.75, 3.05) is 18.8 Å². The smallest absolute Gasteiger partial charge is 0.0123 e. The maximum absolute atomic E-state index is 4.28. The molecule has 1 nitrogen and oxygen atoms in total. The molecule has 0 aromatic carbocycles. The SMILES string of the molecule is SCCCCCCN1CCCC2CCCCC21. The highest BCUT2D eigenvalue weighted by Crippen LogP contribution is 2.35. The van der Waals surface area contributed by atoms with E-state index in [0.29, 0.717) is 0 Å². The van der Waals surface area contributed by atoms with Crippen LogP contribution in [0.1, 0.15) is 64.2 Å². The fourth-order valence-corrected chi connectivity index (χ4v) is 4.01. The van der Waals surface area contributed by atoms with Crippen molar-refractivity contribution in [2.24, 2.45) is 5.92 Å². The molecule has 2 aliphatic rings. The van der Waals surface area contributed by atoms with Crippen molar-refractivity contribution >= 4 is 12.6 Å². The lowest BCUT2D eigenvalue weighted by Crippen LogP contribution is -2.46. The Balaban J connectivity index is 1.67. The molecular formula is C15H29NS. The van der Waals surface area contributed by atoms with Gasteiger partial charge < -0.3 is 4.90 Å². The van der Waals surface area contributed by atoms with E-state index < -0.39 is 0 Å². The summed E-state index contributed by atoms with van der Waals surface area (Å²) in [6.07, 6.45) is 14.5. The van der Waals surface area contributed by atoms with Crippen LogP contribution in [0.15, 0.2) is 0 Å². The molecule has 1 aliphatic carbocycles. The lowest BCUT2D eigenvalue weighted by atomic mass is 9.78. The van der Waals surface area contributed by atoms with Gasteiger partial charge in [-0.3, -0.25) is 0 Å². The fraction of sp³-hybridized carbons (Fsp3) is 1.00. The zero-order valence-electron chi connectivity index (χ0n) is 11.2. The van der Waals surface area contributed by atoms with Gasteiger partial charge in [-0.05, 0) is 63.3 Å². The van der Waals surface area contributed by atoms with E-state index in [1.54, 1.807) is 0 Å². The highest BCUT2D eigenvalue weighted by atomic mass is 32.1. The Morgan fingerprint density at radius 1 is 0.882 bits per heavy atom. The summed E-state index contributed by atoms with van der Waals surface area (Å²) < 4.78 is 0. The van der Waals surface area contributed by atoms with Crippen molar-refractivity contribution in [1.82, 2.24) is 4.90 Å². The van der Waals surface area contributed by atoms with Gasteiger partial charge in [0.2, 0.25) is 0 Å². The predicted molar refractivity (Wildman–Crippen MR) is 78.9 cm³/mol. The van der Waals surface area contributed by atoms with E-state index in [0.717, 1.165) is 17.7 Å². The van der Waals surface area contributed by atoms with Crippen LogP contribution >= 0.6 is 12.6 Å². The van der Waals surface area contributed by atoms with Crippen LogP contribution in [0.2, 0.25) is 0 Å². The Hall–Kier alpha value is 0.310. The van der Waals surface area contributed by atoms with Gasteiger partial charge in [-0.2, -0.15) is 12.6 Å². The molecule has 1 saturated carbocycles. The number of unbranched alkanes of at least 4 members (excludes halogenated alkanes) is 3. The molecule has 1 heterocycles. The molecule has 2 atom stereocenters. The Kier molecular flexibility index (Phi) is 6.21. The summed E-state index contributed by atoms with van der Waals surface area (Å²) in [6, 6.07) is 0.961. The van der Waals surface area contributed by atoms with Crippen LogP contribution in [0, 0.1) is 5.92 Å². The van der Waals surface area contributed by atoms with Crippen LogP contribution in [0.3, 0.4) is 0 Å². The number of nitrogens with zero attached hydrogens (tertiary/aromatic N) is 1. The molecule has 17 heavy (non-hydrogen) atoms. The van der Waals surface area contributed by atoms with Crippen LogP contribution in [-0.2, 0) is 0 Å². The molecule has 0 bridgehead atoms. The van der Waals surface area contributed by atoms with Crippen LogP contribution in [0.5, 0.6) is 0 Å². The highest BCUT2D eigenvalue weighted by Gasteiger charge is 2.32. The van der Waals surface area contributed by atoms with E-state index in [4.69, 9.17) is 0 Å². The van der Waals surface area contributed by atoms with Crippen molar-refractivity contribution in [3.8, 4) is 0 Å². The summed E-state index contributed by atoms with van der Waals surface area (Å²) in [7, 11) is 0. The second-order valence-electron chi connectivity index (χ2n) is 5.93. The van der Waals surface area contributed by atoms with Crippen molar-refractivity contribution in [2.45, 2.75) is 70.3 Å². The van der Waals surface area contributed by atoms with Gasteiger partial charge in [0.05, 0.1) is 0 Å². The van der Waals surface area contributed by atoms with E-state index >= 15 is 0 Å². The molecule has 0 amide bonds. The number of likely N-dealkylation sites (tertiary alicyclic amines) is 1. The molecule has 2 fully saturated rings. The summed E-state index contributed by atoms with van der Waals surface area (Å²) in [6.45, 7) is 2.75. The van der Waals surface area contributed by atoms with Gasteiger partial charge in [0.15, 0.2) is 0 Å². The molecule has 1 aliphatic heterocycles. The topological polar surface area (TPSA) is 3.24 Å². The van der Waals surface area contributed by atoms with Gasteiger partial charge in [-0.25, -0.2) is 0 Å². The molecule has 2 rings (SSSR count). The average molecular weight is 255 g/mol. The van der Waals surface area contributed by atoms with Gasteiger partial charge in [0, 0.05) is 6.04 Å². The van der Waals surface area contributed by atoms with Gasteiger partial charge in [0.25, 0.3) is 0 Å². The monoisotopic (exact) mass is 255 g/mol. The zero-order chi connectivity index (χ0) is 11.9. The third-order valence-corrected chi connectivity index (χ3v) is 5.03. The number of hydrogen-bond donors (Lipinski definition) is 1. The molecule has 0 radical (unpaired) electrons. The normalized spacial score (nSPS) is 30.2. The summed E-state index contributed by atoms with van der Waals surface area (Å²) in [5.41, 5.74) is 0. The largest absolute Gasteiger partial charge is 0.300 e. The summed E-state index contributed by atoms with van der Waals surface area (Å²) in [5, 5.41) is 0. The van der Waals surface area contributed by atoms with Gasteiger partial charge >= 0.3 is 0 Å². The Morgan fingerprint density at radius 2 is 1.65 bits per heavy atom. The van der Waals surface area contributed by atoms with Crippen molar-refractivity contribution in [3.05, 3.63) is 0 Å². The molecular weight excluding hydrogens is 226 g/mol. The molecule has 2 unspecified atom stereocenters. The van der Waals surface area contributed by atoms with E-state index in [9.17, 15) is 0 Å². The number of thiol groups is 1. The molecule has 1 saturated heterocycles. The Bertz CT molecular complexity index is 205. The first-order chi connectivity index (χ1) is 8.42. The molecule has 0 aromatic rings. The van der Waals surface area contributed by atoms with Gasteiger partial charge in [-0.1, -0.05) is 25.7 Å². The van der Waals surface area contributed by atoms with Gasteiger partial charge in [0.1, 0.15) is 0 Å². The third-order valence-electron chi connectivity index (χ3n) is 4.71. The molecule has 0 N–H and O–H groups in total. The fourth-order valence-electron chi connectivity index (χ4n) is 3.79. The number of hydrogen-bond acceptors (Lipinski definition) is 2. The molecule has 2 heteroatoms. The zero-order valence-corrected chi connectivity index (χ0v) is 12.1.